The third-order valence-corrected chi connectivity index (χ3v) is 5.66. The minimum atomic E-state index is -0.224. The minimum Gasteiger partial charge on any atom is -0.445 e. The normalized spacial score (nSPS) is 17.8. The second kappa shape index (κ2) is 9.10. The van der Waals surface area contributed by atoms with E-state index in [1.807, 2.05) is 35.2 Å². The Bertz CT molecular complexity index is 952. The van der Waals surface area contributed by atoms with Crippen molar-refractivity contribution < 1.29 is 9.53 Å². The van der Waals surface area contributed by atoms with Crippen molar-refractivity contribution in [2.75, 3.05) is 13.1 Å². The van der Waals surface area contributed by atoms with Gasteiger partial charge in [0, 0.05) is 25.2 Å². The van der Waals surface area contributed by atoms with Crippen molar-refractivity contribution in [1.29, 1.82) is 0 Å². The highest BCUT2D eigenvalue weighted by Crippen LogP contribution is 2.25. The molecule has 3 aromatic carbocycles. The predicted molar refractivity (Wildman–Crippen MR) is 117 cm³/mol. The summed E-state index contributed by atoms with van der Waals surface area (Å²) in [4.78, 5) is 14.4. The number of amides is 1. The molecule has 0 radical (unpaired) electrons. The molecule has 4 rings (SSSR count). The molecular formula is C25H28N2O2. The van der Waals surface area contributed by atoms with Crippen LogP contribution in [-0.4, -0.2) is 30.1 Å². The third-order valence-electron chi connectivity index (χ3n) is 5.66. The Morgan fingerprint density at radius 1 is 1.07 bits per heavy atom. The molecule has 1 saturated heterocycles. The molecule has 4 nitrogen and oxygen atoms in total. The molecule has 1 fully saturated rings. The van der Waals surface area contributed by atoms with Crippen molar-refractivity contribution in [1.82, 2.24) is 10.2 Å². The maximum absolute atomic E-state index is 12.5. The second-order valence-corrected chi connectivity index (χ2v) is 7.78. The van der Waals surface area contributed by atoms with E-state index in [-0.39, 0.29) is 18.2 Å². The van der Waals surface area contributed by atoms with Crippen molar-refractivity contribution >= 4 is 16.9 Å². The Kier molecular flexibility index (Phi) is 6.11. The molecule has 1 amide bonds. The van der Waals surface area contributed by atoms with E-state index in [2.05, 4.69) is 54.7 Å². The molecule has 0 aliphatic carbocycles. The Morgan fingerprint density at radius 3 is 2.69 bits per heavy atom. The Hall–Kier alpha value is -2.85. The van der Waals surface area contributed by atoms with Crippen molar-refractivity contribution in [3.05, 3.63) is 83.9 Å². The van der Waals surface area contributed by atoms with Gasteiger partial charge in [0.15, 0.2) is 0 Å². The average Bonchev–Trinajstić information content (AvgIpc) is 2.78. The number of hydrogen-bond donors (Lipinski definition) is 1. The molecule has 4 heteroatoms. The summed E-state index contributed by atoms with van der Waals surface area (Å²) < 4.78 is 5.52. The number of piperidine rings is 1. The predicted octanol–water partition coefficient (Wildman–Crippen LogP) is 5.29. The van der Waals surface area contributed by atoms with Crippen LogP contribution in [0.5, 0.6) is 0 Å². The van der Waals surface area contributed by atoms with Crippen molar-refractivity contribution in [3.8, 4) is 0 Å². The van der Waals surface area contributed by atoms with Gasteiger partial charge in [-0.25, -0.2) is 4.79 Å². The van der Waals surface area contributed by atoms with Crippen LogP contribution in [0.15, 0.2) is 72.8 Å². The van der Waals surface area contributed by atoms with Crippen LogP contribution in [0.1, 0.15) is 36.9 Å². The SMILES string of the molecule is C[C@@H](N[C@H]1CCCN(C(=O)OCc2ccccc2)C1)c1cccc2ccccc12. The standard InChI is InChI=1S/C25H28N2O2/c1-19(23-15-7-12-21-11-5-6-14-24(21)23)26-22-13-8-16-27(17-22)25(28)29-18-20-9-3-2-4-10-20/h2-7,9-12,14-15,19,22,26H,8,13,16-18H2,1H3/t19-,22+/m1/s1. The van der Waals surface area contributed by atoms with Gasteiger partial charge >= 0.3 is 6.09 Å². The smallest absolute Gasteiger partial charge is 0.410 e. The van der Waals surface area contributed by atoms with Crippen LogP contribution in [0.2, 0.25) is 0 Å². The first-order valence-corrected chi connectivity index (χ1v) is 10.4. The number of benzene rings is 3. The number of hydrogen-bond acceptors (Lipinski definition) is 3. The van der Waals surface area contributed by atoms with E-state index in [0.29, 0.717) is 13.2 Å². The van der Waals surface area contributed by atoms with E-state index in [1.54, 1.807) is 0 Å². The number of likely N-dealkylation sites (tertiary alicyclic amines) is 1. The van der Waals surface area contributed by atoms with Gasteiger partial charge in [0.05, 0.1) is 0 Å². The number of ether oxygens (including phenoxy) is 1. The summed E-state index contributed by atoms with van der Waals surface area (Å²) in [5, 5.41) is 6.28. The lowest BCUT2D eigenvalue weighted by Crippen LogP contribution is -2.48. The first kappa shape index (κ1) is 19.5. The monoisotopic (exact) mass is 388 g/mol. The second-order valence-electron chi connectivity index (χ2n) is 7.78. The Labute approximate surface area is 172 Å². The van der Waals surface area contributed by atoms with Gasteiger partial charge in [-0.1, -0.05) is 72.8 Å². The zero-order valence-electron chi connectivity index (χ0n) is 16.9. The molecule has 0 aromatic heterocycles. The first-order valence-electron chi connectivity index (χ1n) is 10.4. The molecule has 29 heavy (non-hydrogen) atoms. The number of nitrogens with zero attached hydrogens (tertiary/aromatic N) is 1. The number of nitrogens with one attached hydrogen (secondary N) is 1. The molecule has 3 aromatic rings. The van der Waals surface area contributed by atoms with Crippen LogP contribution in [0.3, 0.4) is 0 Å². The van der Waals surface area contributed by atoms with Crippen LogP contribution in [0.25, 0.3) is 10.8 Å². The highest BCUT2D eigenvalue weighted by atomic mass is 16.6. The summed E-state index contributed by atoms with van der Waals surface area (Å²) in [5.41, 5.74) is 2.31. The fourth-order valence-corrected chi connectivity index (χ4v) is 4.16. The fraction of sp³-hybridized carbons (Fsp3) is 0.320. The Morgan fingerprint density at radius 2 is 1.83 bits per heavy atom. The molecule has 2 atom stereocenters. The zero-order chi connectivity index (χ0) is 20.1. The van der Waals surface area contributed by atoms with E-state index in [9.17, 15) is 4.79 Å². The number of carbonyl (C=O) groups is 1. The van der Waals surface area contributed by atoms with Gasteiger partial charge in [-0.2, -0.15) is 0 Å². The summed E-state index contributed by atoms with van der Waals surface area (Å²) >= 11 is 0. The van der Waals surface area contributed by atoms with Gasteiger partial charge in [0.1, 0.15) is 6.61 Å². The lowest BCUT2D eigenvalue weighted by atomic mass is 9.98. The van der Waals surface area contributed by atoms with Crippen LogP contribution in [-0.2, 0) is 11.3 Å². The van der Waals surface area contributed by atoms with Gasteiger partial charge in [0.2, 0.25) is 0 Å². The van der Waals surface area contributed by atoms with Gasteiger partial charge < -0.3 is 15.0 Å². The van der Waals surface area contributed by atoms with Crippen molar-refractivity contribution in [3.63, 3.8) is 0 Å². The molecule has 1 heterocycles. The highest BCUT2D eigenvalue weighted by molar-refractivity contribution is 5.86. The van der Waals surface area contributed by atoms with Crippen molar-refractivity contribution in [2.24, 2.45) is 0 Å². The molecule has 150 valence electrons. The first-order chi connectivity index (χ1) is 14.2. The maximum atomic E-state index is 12.5. The summed E-state index contributed by atoms with van der Waals surface area (Å²) in [5.74, 6) is 0. The molecule has 1 aliphatic heterocycles. The molecule has 0 saturated carbocycles. The van der Waals surface area contributed by atoms with E-state index >= 15 is 0 Å². The topological polar surface area (TPSA) is 41.6 Å². The molecule has 1 N–H and O–H groups in total. The highest BCUT2D eigenvalue weighted by Gasteiger charge is 2.26. The number of carbonyl (C=O) groups excluding carboxylic acids is 1. The van der Waals surface area contributed by atoms with Crippen LogP contribution in [0.4, 0.5) is 4.79 Å². The van der Waals surface area contributed by atoms with Crippen LogP contribution >= 0.6 is 0 Å². The number of fused-ring (bicyclic) bond motifs is 1. The summed E-state index contributed by atoms with van der Waals surface area (Å²) in [6, 6.07) is 25.2. The molecule has 0 spiro atoms. The third kappa shape index (κ3) is 4.77. The molecular weight excluding hydrogens is 360 g/mol. The van der Waals surface area contributed by atoms with Crippen LogP contribution < -0.4 is 5.32 Å². The minimum absolute atomic E-state index is 0.214. The average molecular weight is 389 g/mol. The van der Waals surface area contributed by atoms with E-state index in [4.69, 9.17) is 4.74 Å². The van der Waals surface area contributed by atoms with Crippen LogP contribution in [0, 0.1) is 0 Å². The zero-order valence-corrected chi connectivity index (χ0v) is 16.9. The summed E-state index contributed by atoms with van der Waals surface area (Å²) in [6.07, 6.45) is 1.83. The lowest BCUT2D eigenvalue weighted by molar-refractivity contribution is 0.0823. The number of rotatable bonds is 5. The van der Waals surface area contributed by atoms with Gasteiger partial charge in [-0.15, -0.1) is 0 Å². The van der Waals surface area contributed by atoms with Gasteiger partial charge in [-0.3, -0.25) is 0 Å². The maximum Gasteiger partial charge on any atom is 0.410 e. The molecule has 0 bridgehead atoms. The lowest BCUT2D eigenvalue weighted by Gasteiger charge is -2.34. The van der Waals surface area contributed by atoms with Gasteiger partial charge in [0.25, 0.3) is 0 Å². The van der Waals surface area contributed by atoms with E-state index < -0.39 is 0 Å². The molecule has 0 unspecified atom stereocenters. The quantitative estimate of drug-likeness (QED) is 0.645. The van der Waals surface area contributed by atoms with E-state index in [0.717, 1.165) is 24.9 Å². The van der Waals surface area contributed by atoms with Crippen molar-refractivity contribution in [2.45, 2.75) is 38.5 Å². The largest absolute Gasteiger partial charge is 0.445 e. The van der Waals surface area contributed by atoms with Gasteiger partial charge in [-0.05, 0) is 41.7 Å². The van der Waals surface area contributed by atoms with E-state index in [1.165, 1.54) is 16.3 Å². The fourth-order valence-electron chi connectivity index (χ4n) is 4.16. The summed E-state index contributed by atoms with van der Waals surface area (Å²) in [6.45, 7) is 3.96. The molecule has 1 aliphatic rings. The summed E-state index contributed by atoms with van der Waals surface area (Å²) in [7, 11) is 0. The Balaban J connectivity index is 1.36.